The third kappa shape index (κ3) is 2.20. The number of carbonyl (C=O) groups is 2. The summed E-state index contributed by atoms with van der Waals surface area (Å²) >= 11 is 0. The van der Waals surface area contributed by atoms with E-state index in [-0.39, 0.29) is 17.8 Å². The van der Waals surface area contributed by atoms with Gasteiger partial charge in [0.1, 0.15) is 12.4 Å². The molecular formula is C17H16N4O3. The van der Waals surface area contributed by atoms with Crippen LogP contribution in [0.3, 0.4) is 0 Å². The number of ether oxygens (including phenoxy) is 1. The summed E-state index contributed by atoms with van der Waals surface area (Å²) < 4.78 is 6.45. The smallest absolute Gasteiger partial charge is 0.337 e. The van der Waals surface area contributed by atoms with Gasteiger partial charge in [0.25, 0.3) is 0 Å². The number of hydrogen-bond acceptors (Lipinski definition) is 6. The Morgan fingerprint density at radius 2 is 2.08 bits per heavy atom. The molecule has 1 unspecified atom stereocenters. The Balaban J connectivity index is 1.81. The van der Waals surface area contributed by atoms with E-state index >= 15 is 0 Å². The molecule has 2 aromatic rings. The van der Waals surface area contributed by atoms with Gasteiger partial charge in [-0.15, -0.1) is 0 Å². The summed E-state index contributed by atoms with van der Waals surface area (Å²) in [5, 5.41) is 7.50. The van der Waals surface area contributed by atoms with Crippen molar-refractivity contribution >= 4 is 17.7 Å². The lowest BCUT2D eigenvalue weighted by Gasteiger charge is -2.32. The van der Waals surface area contributed by atoms with Gasteiger partial charge in [-0.1, -0.05) is 12.1 Å². The Hall–Kier alpha value is -2.96. The number of benzene rings is 1. The lowest BCUT2D eigenvalue weighted by Crippen LogP contribution is -2.31. The number of rotatable bonds is 2. The molecule has 24 heavy (non-hydrogen) atoms. The van der Waals surface area contributed by atoms with E-state index in [1.165, 1.54) is 13.4 Å². The lowest BCUT2D eigenvalue weighted by molar-refractivity contribution is -0.116. The van der Waals surface area contributed by atoms with Crippen LogP contribution >= 0.6 is 0 Å². The van der Waals surface area contributed by atoms with E-state index in [0.29, 0.717) is 17.9 Å². The Morgan fingerprint density at radius 1 is 1.29 bits per heavy atom. The van der Waals surface area contributed by atoms with Gasteiger partial charge in [0.2, 0.25) is 5.95 Å². The zero-order valence-electron chi connectivity index (χ0n) is 13.2. The number of fused-ring (bicyclic) bond motifs is 1. The second-order valence-corrected chi connectivity index (χ2v) is 5.84. The average Bonchev–Trinajstić information content (AvgIpc) is 3.08. The van der Waals surface area contributed by atoms with E-state index in [1.807, 2.05) is 12.1 Å². The second-order valence-electron chi connectivity index (χ2n) is 5.84. The highest BCUT2D eigenvalue weighted by Gasteiger charge is 2.35. The number of methoxy groups -OCH3 is 1. The molecule has 2 aliphatic rings. The molecule has 1 atom stereocenters. The molecule has 0 saturated carbocycles. The third-order valence-electron chi connectivity index (χ3n) is 4.46. The number of carbonyl (C=O) groups excluding carboxylic acids is 2. The quantitative estimate of drug-likeness (QED) is 0.851. The Labute approximate surface area is 138 Å². The van der Waals surface area contributed by atoms with Crippen LogP contribution in [0.25, 0.3) is 0 Å². The molecule has 1 aliphatic carbocycles. The number of nitrogens with one attached hydrogen (secondary N) is 1. The van der Waals surface area contributed by atoms with Gasteiger partial charge in [-0.25, -0.2) is 9.48 Å². The fraction of sp³-hybridized carbons (Fsp3) is 0.294. The van der Waals surface area contributed by atoms with Gasteiger partial charge in [-0.2, -0.15) is 10.1 Å². The molecule has 1 aromatic carbocycles. The minimum Gasteiger partial charge on any atom is -0.465 e. The SMILES string of the molecule is COC(=O)c1ccc(C2C3=C(CCCC3=O)Nc3ncnn32)cc1. The van der Waals surface area contributed by atoms with Crippen LogP contribution in [0.15, 0.2) is 41.9 Å². The maximum absolute atomic E-state index is 12.5. The molecule has 0 radical (unpaired) electrons. The first-order valence-electron chi connectivity index (χ1n) is 7.80. The topological polar surface area (TPSA) is 86.1 Å². The number of esters is 1. The predicted molar refractivity (Wildman–Crippen MR) is 85.4 cm³/mol. The number of allylic oxidation sites excluding steroid dienone is 2. The molecule has 0 saturated heterocycles. The summed E-state index contributed by atoms with van der Waals surface area (Å²) in [5.41, 5.74) is 3.02. The van der Waals surface area contributed by atoms with Crippen LogP contribution in [0.2, 0.25) is 0 Å². The van der Waals surface area contributed by atoms with Crippen molar-refractivity contribution in [1.82, 2.24) is 14.8 Å². The van der Waals surface area contributed by atoms with Crippen LogP contribution in [0.4, 0.5) is 5.95 Å². The van der Waals surface area contributed by atoms with Crippen molar-refractivity contribution in [2.45, 2.75) is 25.3 Å². The number of hydrogen-bond donors (Lipinski definition) is 1. The molecular weight excluding hydrogens is 308 g/mol. The van der Waals surface area contributed by atoms with Crippen molar-refractivity contribution in [3.05, 3.63) is 53.0 Å². The summed E-state index contributed by atoms with van der Waals surface area (Å²) in [5.74, 6) is 0.374. The van der Waals surface area contributed by atoms with E-state index < -0.39 is 0 Å². The number of Topliss-reactive ketones (excluding diaryl/α,β-unsaturated/α-hetero) is 1. The normalized spacial score (nSPS) is 19.4. The Kier molecular flexibility index (Phi) is 3.41. The summed E-state index contributed by atoms with van der Waals surface area (Å²) in [7, 11) is 1.35. The van der Waals surface area contributed by atoms with Crippen molar-refractivity contribution in [3.63, 3.8) is 0 Å². The monoisotopic (exact) mass is 324 g/mol. The van der Waals surface area contributed by atoms with Crippen LogP contribution in [-0.2, 0) is 9.53 Å². The molecule has 7 nitrogen and oxygen atoms in total. The van der Waals surface area contributed by atoms with Gasteiger partial charge in [-0.3, -0.25) is 4.79 Å². The Bertz CT molecular complexity index is 851. The van der Waals surface area contributed by atoms with Crippen LogP contribution in [-0.4, -0.2) is 33.6 Å². The third-order valence-corrected chi connectivity index (χ3v) is 4.46. The molecule has 0 fully saturated rings. The first-order valence-corrected chi connectivity index (χ1v) is 7.80. The number of ketones is 1. The summed E-state index contributed by atoms with van der Waals surface area (Å²) in [6, 6.07) is 6.75. The van der Waals surface area contributed by atoms with Gasteiger partial charge in [0.05, 0.1) is 12.7 Å². The maximum atomic E-state index is 12.5. The van der Waals surface area contributed by atoms with Gasteiger partial charge in [0, 0.05) is 17.7 Å². The van der Waals surface area contributed by atoms with Crippen LogP contribution < -0.4 is 5.32 Å². The predicted octanol–water partition coefficient (Wildman–Crippen LogP) is 2.09. The zero-order chi connectivity index (χ0) is 16.7. The van der Waals surface area contributed by atoms with E-state index in [2.05, 4.69) is 15.4 Å². The molecule has 0 spiro atoms. The standard InChI is InChI=1S/C17H16N4O3/c1-24-16(23)11-7-5-10(6-8-11)15-14-12(3-2-4-13(14)22)20-17-18-9-19-21(15)17/h5-9,15H,2-4H2,1H3,(H,18,19,20). The van der Waals surface area contributed by atoms with E-state index in [1.54, 1.807) is 16.8 Å². The number of nitrogens with zero attached hydrogens (tertiary/aromatic N) is 3. The highest BCUT2D eigenvalue weighted by molar-refractivity contribution is 5.99. The van der Waals surface area contributed by atoms with Crippen LogP contribution in [0.5, 0.6) is 0 Å². The molecule has 122 valence electrons. The second kappa shape index (κ2) is 5.59. The van der Waals surface area contributed by atoms with Gasteiger partial charge < -0.3 is 10.1 Å². The first kappa shape index (κ1) is 14.6. The zero-order valence-corrected chi connectivity index (χ0v) is 13.2. The van der Waals surface area contributed by atoms with Crippen LogP contribution in [0, 0.1) is 0 Å². The van der Waals surface area contributed by atoms with Gasteiger partial charge in [-0.05, 0) is 30.5 Å². The van der Waals surface area contributed by atoms with Crippen molar-refractivity contribution in [2.24, 2.45) is 0 Å². The molecule has 1 aromatic heterocycles. The molecule has 1 aliphatic heterocycles. The van der Waals surface area contributed by atoms with E-state index in [9.17, 15) is 9.59 Å². The van der Waals surface area contributed by atoms with Crippen molar-refractivity contribution in [3.8, 4) is 0 Å². The van der Waals surface area contributed by atoms with E-state index in [0.717, 1.165) is 29.7 Å². The highest BCUT2D eigenvalue weighted by atomic mass is 16.5. The van der Waals surface area contributed by atoms with Gasteiger partial charge in [0.15, 0.2) is 5.78 Å². The fourth-order valence-corrected chi connectivity index (χ4v) is 3.32. The van der Waals surface area contributed by atoms with Crippen molar-refractivity contribution < 1.29 is 14.3 Å². The number of aromatic nitrogens is 3. The summed E-state index contributed by atoms with van der Waals surface area (Å²) in [6.45, 7) is 0. The molecule has 4 rings (SSSR count). The average molecular weight is 324 g/mol. The van der Waals surface area contributed by atoms with Crippen molar-refractivity contribution in [1.29, 1.82) is 0 Å². The summed E-state index contributed by atoms with van der Waals surface area (Å²) in [6.07, 6.45) is 3.68. The molecule has 1 N–H and O–H groups in total. The first-order chi connectivity index (χ1) is 11.7. The molecule has 0 bridgehead atoms. The lowest BCUT2D eigenvalue weighted by atomic mass is 9.85. The fourth-order valence-electron chi connectivity index (χ4n) is 3.32. The largest absolute Gasteiger partial charge is 0.465 e. The molecule has 7 heteroatoms. The summed E-state index contributed by atoms with van der Waals surface area (Å²) in [4.78, 5) is 28.4. The highest BCUT2D eigenvalue weighted by Crippen LogP contribution is 2.39. The minimum atomic E-state index is -0.387. The Morgan fingerprint density at radius 3 is 2.83 bits per heavy atom. The maximum Gasteiger partial charge on any atom is 0.337 e. The van der Waals surface area contributed by atoms with Gasteiger partial charge >= 0.3 is 5.97 Å². The van der Waals surface area contributed by atoms with Crippen molar-refractivity contribution in [2.75, 3.05) is 12.4 Å². The molecule has 0 amide bonds. The number of anilines is 1. The molecule has 2 heterocycles. The minimum absolute atomic E-state index is 0.131. The van der Waals surface area contributed by atoms with Crippen LogP contribution in [0.1, 0.15) is 41.2 Å². The van der Waals surface area contributed by atoms with E-state index in [4.69, 9.17) is 4.74 Å².